The summed E-state index contributed by atoms with van der Waals surface area (Å²) in [5, 5.41) is 11.3. The predicted octanol–water partition coefficient (Wildman–Crippen LogP) is 4.01. The molecule has 0 aliphatic carbocycles. The molecular weight excluding hydrogens is 307 g/mol. The number of aromatic hydroxyl groups is 1. The van der Waals surface area contributed by atoms with Gasteiger partial charge in [0.1, 0.15) is 0 Å². The molecule has 0 saturated carbocycles. The molecule has 3 rings (SSSR count). The zero-order valence-corrected chi connectivity index (χ0v) is 13.6. The summed E-state index contributed by atoms with van der Waals surface area (Å²) in [4.78, 5) is 0. The molecule has 0 atom stereocenters. The Kier molecular flexibility index (Phi) is 4.22. The van der Waals surface area contributed by atoms with Crippen LogP contribution in [0.1, 0.15) is 5.56 Å². The molecule has 0 fully saturated rings. The van der Waals surface area contributed by atoms with E-state index in [2.05, 4.69) is 0 Å². The van der Waals surface area contributed by atoms with Crippen molar-refractivity contribution in [1.82, 2.24) is 0 Å². The van der Waals surface area contributed by atoms with Crippen molar-refractivity contribution in [3.63, 3.8) is 0 Å². The van der Waals surface area contributed by atoms with E-state index in [-0.39, 0.29) is 11.5 Å². The maximum Gasteiger partial charge on any atom is 0.306 e. The summed E-state index contributed by atoms with van der Waals surface area (Å²) in [7, 11) is -3.36. The molecule has 3 aromatic carbocycles. The van der Waals surface area contributed by atoms with Crippen molar-refractivity contribution in [3.05, 3.63) is 84.4 Å². The monoisotopic (exact) mass is 324 g/mol. The molecule has 0 spiro atoms. The molecule has 0 unspecified atom stereocenters. The standard InChI is InChI=1S/C19H17O3P/c1-15-9-8-14-18(20)19(15)22-23(21,16-10-4-2-5-11-16)17-12-6-3-7-13-17/h2-14,20H,1H3. The molecule has 3 aromatic rings. The Morgan fingerprint density at radius 3 is 1.78 bits per heavy atom. The van der Waals surface area contributed by atoms with Crippen molar-refractivity contribution in [1.29, 1.82) is 0 Å². The molecular formula is C19H17O3P. The highest BCUT2D eigenvalue weighted by atomic mass is 31.2. The number of rotatable bonds is 4. The summed E-state index contributed by atoms with van der Waals surface area (Å²) < 4.78 is 19.7. The van der Waals surface area contributed by atoms with Gasteiger partial charge in [-0.05, 0) is 42.8 Å². The van der Waals surface area contributed by atoms with Gasteiger partial charge in [-0.15, -0.1) is 0 Å². The van der Waals surface area contributed by atoms with Crippen LogP contribution in [-0.2, 0) is 4.57 Å². The minimum atomic E-state index is -3.36. The molecule has 0 heterocycles. The minimum Gasteiger partial charge on any atom is -0.504 e. The van der Waals surface area contributed by atoms with E-state index in [1.165, 1.54) is 6.07 Å². The SMILES string of the molecule is Cc1cccc(O)c1OP(=O)(c1ccccc1)c1ccccc1. The van der Waals surface area contributed by atoms with E-state index >= 15 is 0 Å². The van der Waals surface area contributed by atoms with E-state index in [1.807, 2.05) is 49.4 Å². The minimum absolute atomic E-state index is 0.0166. The number of aryl methyl sites for hydroxylation is 1. The number of hydrogen-bond donors (Lipinski definition) is 1. The van der Waals surface area contributed by atoms with Crippen LogP contribution in [0.5, 0.6) is 11.5 Å². The van der Waals surface area contributed by atoms with Gasteiger partial charge in [0.15, 0.2) is 11.5 Å². The average molecular weight is 324 g/mol. The fourth-order valence-corrected chi connectivity index (χ4v) is 4.52. The van der Waals surface area contributed by atoms with Crippen LogP contribution < -0.4 is 15.1 Å². The lowest BCUT2D eigenvalue weighted by Gasteiger charge is -2.22. The maximum atomic E-state index is 13.8. The predicted molar refractivity (Wildman–Crippen MR) is 93.2 cm³/mol. The number of benzene rings is 3. The van der Waals surface area contributed by atoms with Gasteiger partial charge in [-0.3, -0.25) is 4.57 Å². The molecule has 0 saturated heterocycles. The van der Waals surface area contributed by atoms with Crippen molar-refractivity contribution in [2.75, 3.05) is 0 Å². The van der Waals surface area contributed by atoms with Crippen molar-refractivity contribution in [3.8, 4) is 11.5 Å². The van der Waals surface area contributed by atoms with Crippen LogP contribution in [0.15, 0.2) is 78.9 Å². The smallest absolute Gasteiger partial charge is 0.306 e. The highest BCUT2D eigenvalue weighted by Gasteiger charge is 2.31. The fraction of sp³-hybridized carbons (Fsp3) is 0.0526. The molecule has 116 valence electrons. The number of phenolic OH excluding ortho intramolecular Hbond substituents is 1. The van der Waals surface area contributed by atoms with Crippen LogP contribution in [0.4, 0.5) is 0 Å². The van der Waals surface area contributed by atoms with Gasteiger partial charge < -0.3 is 9.63 Å². The summed E-state index contributed by atoms with van der Waals surface area (Å²) in [6, 6.07) is 23.2. The first kappa shape index (κ1) is 15.4. The van der Waals surface area contributed by atoms with Crippen LogP contribution in [0.2, 0.25) is 0 Å². The first-order valence-electron chi connectivity index (χ1n) is 7.31. The summed E-state index contributed by atoms with van der Waals surface area (Å²) in [6.07, 6.45) is 0. The Labute approximate surface area is 135 Å². The first-order chi connectivity index (χ1) is 11.1. The zero-order valence-electron chi connectivity index (χ0n) is 12.7. The van der Waals surface area contributed by atoms with E-state index in [0.29, 0.717) is 10.6 Å². The third-order valence-electron chi connectivity index (χ3n) is 3.60. The lowest BCUT2D eigenvalue weighted by Crippen LogP contribution is -2.20. The van der Waals surface area contributed by atoms with E-state index in [1.54, 1.807) is 30.3 Å². The Morgan fingerprint density at radius 2 is 1.30 bits per heavy atom. The summed E-state index contributed by atoms with van der Waals surface area (Å²) in [5.74, 6) is 0.237. The Hall–Kier alpha value is -2.51. The van der Waals surface area contributed by atoms with Gasteiger partial charge in [0, 0.05) is 0 Å². The van der Waals surface area contributed by atoms with E-state index in [0.717, 1.165) is 5.56 Å². The Morgan fingerprint density at radius 1 is 0.783 bits per heavy atom. The summed E-state index contributed by atoms with van der Waals surface area (Å²) in [6.45, 7) is 1.81. The first-order valence-corrected chi connectivity index (χ1v) is 8.93. The molecule has 23 heavy (non-hydrogen) atoms. The van der Waals surface area contributed by atoms with Gasteiger partial charge in [-0.1, -0.05) is 48.5 Å². The van der Waals surface area contributed by atoms with Gasteiger partial charge in [-0.25, -0.2) is 0 Å². The van der Waals surface area contributed by atoms with Crippen molar-refractivity contribution in [2.45, 2.75) is 6.92 Å². The van der Waals surface area contributed by atoms with E-state index < -0.39 is 7.37 Å². The lowest BCUT2D eigenvalue weighted by molar-refractivity contribution is 0.432. The zero-order chi connectivity index (χ0) is 16.3. The van der Waals surface area contributed by atoms with Crippen LogP contribution in [0.25, 0.3) is 0 Å². The Balaban J connectivity index is 2.16. The molecule has 0 aliphatic rings. The van der Waals surface area contributed by atoms with Gasteiger partial charge >= 0.3 is 7.37 Å². The topological polar surface area (TPSA) is 46.5 Å². The van der Waals surface area contributed by atoms with E-state index in [4.69, 9.17) is 4.52 Å². The highest BCUT2D eigenvalue weighted by molar-refractivity contribution is 7.74. The van der Waals surface area contributed by atoms with Gasteiger partial charge in [0.25, 0.3) is 0 Å². The molecule has 0 aromatic heterocycles. The van der Waals surface area contributed by atoms with Crippen molar-refractivity contribution in [2.24, 2.45) is 0 Å². The van der Waals surface area contributed by atoms with Crippen molar-refractivity contribution >= 4 is 18.0 Å². The second-order valence-corrected chi connectivity index (χ2v) is 7.56. The molecule has 0 radical (unpaired) electrons. The largest absolute Gasteiger partial charge is 0.504 e. The molecule has 4 heteroatoms. The van der Waals surface area contributed by atoms with Crippen LogP contribution in [0.3, 0.4) is 0 Å². The molecule has 1 N–H and O–H groups in total. The average Bonchev–Trinajstić information content (AvgIpc) is 2.60. The van der Waals surface area contributed by atoms with Gasteiger partial charge in [-0.2, -0.15) is 0 Å². The van der Waals surface area contributed by atoms with Gasteiger partial charge in [0.05, 0.1) is 10.6 Å². The van der Waals surface area contributed by atoms with Crippen LogP contribution >= 0.6 is 7.37 Å². The van der Waals surface area contributed by atoms with Crippen LogP contribution in [-0.4, -0.2) is 5.11 Å². The van der Waals surface area contributed by atoms with E-state index in [9.17, 15) is 9.67 Å². The molecule has 0 bridgehead atoms. The quantitative estimate of drug-likeness (QED) is 0.738. The number of hydrogen-bond acceptors (Lipinski definition) is 3. The number of phenols is 1. The molecule has 0 aliphatic heterocycles. The normalized spacial score (nSPS) is 11.2. The summed E-state index contributed by atoms with van der Waals surface area (Å²) in [5.41, 5.74) is 0.733. The lowest BCUT2D eigenvalue weighted by atomic mass is 10.2. The van der Waals surface area contributed by atoms with Crippen LogP contribution in [0, 0.1) is 6.92 Å². The third kappa shape index (κ3) is 3.01. The second kappa shape index (κ2) is 6.31. The number of para-hydroxylation sites is 1. The second-order valence-electron chi connectivity index (χ2n) is 5.24. The highest BCUT2D eigenvalue weighted by Crippen LogP contribution is 2.48. The third-order valence-corrected chi connectivity index (χ3v) is 6.00. The van der Waals surface area contributed by atoms with Crippen molar-refractivity contribution < 1.29 is 14.2 Å². The van der Waals surface area contributed by atoms with Gasteiger partial charge in [0.2, 0.25) is 0 Å². The summed E-state index contributed by atoms with van der Waals surface area (Å²) >= 11 is 0. The molecule has 0 amide bonds. The molecule has 3 nitrogen and oxygen atoms in total. The maximum absolute atomic E-state index is 13.8. The Bertz CT molecular complexity index is 781. The fourth-order valence-electron chi connectivity index (χ4n) is 2.39.